The predicted octanol–water partition coefficient (Wildman–Crippen LogP) is 0.759. The van der Waals surface area contributed by atoms with Crippen LogP contribution in [0.4, 0.5) is 0 Å². The van der Waals surface area contributed by atoms with Crippen LogP contribution in [0.3, 0.4) is 0 Å². The number of amides is 1. The highest BCUT2D eigenvalue weighted by atomic mass is 32.2. The second-order valence-electron chi connectivity index (χ2n) is 5.46. The number of hydrogen-bond acceptors (Lipinski definition) is 6. The van der Waals surface area contributed by atoms with E-state index in [2.05, 4.69) is 10.1 Å². The van der Waals surface area contributed by atoms with Crippen molar-refractivity contribution in [3.8, 4) is 0 Å². The van der Waals surface area contributed by atoms with Crippen molar-refractivity contribution in [1.29, 1.82) is 0 Å². The van der Waals surface area contributed by atoms with Crippen molar-refractivity contribution in [2.45, 2.75) is 19.6 Å². The Labute approximate surface area is 128 Å². The molecular formula is C14H21N3O3S. The summed E-state index contributed by atoms with van der Waals surface area (Å²) in [5.41, 5.74) is 0.912. The average Bonchev–Trinajstić information content (AvgIpc) is 2.93. The maximum Gasteiger partial charge on any atom is 0.253 e. The Bertz CT molecular complexity index is 488. The Morgan fingerprint density at radius 3 is 2.95 bits per heavy atom. The molecule has 116 valence electrons. The zero-order valence-electron chi connectivity index (χ0n) is 12.3. The summed E-state index contributed by atoms with van der Waals surface area (Å²) in [6.07, 6.45) is -0.338. The lowest BCUT2D eigenvalue weighted by molar-refractivity contribution is -0.149. The highest BCUT2D eigenvalue weighted by Crippen LogP contribution is 2.15. The molecule has 2 fully saturated rings. The summed E-state index contributed by atoms with van der Waals surface area (Å²) in [6, 6.07) is 1.94. The van der Waals surface area contributed by atoms with Crippen LogP contribution in [0, 0.1) is 6.92 Å². The van der Waals surface area contributed by atoms with Gasteiger partial charge in [0.15, 0.2) is 0 Å². The third-order valence-corrected chi connectivity index (χ3v) is 4.75. The van der Waals surface area contributed by atoms with Gasteiger partial charge in [0.1, 0.15) is 11.9 Å². The molecule has 1 unspecified atom stereocenters. The van der Waals surface area contributed by atoms with E-state index >= 15 is 0 Å². The van der Waals surface area contributed by atoms with E-state index in [4.69, 9.17) is 9.26 Å². The molecule has 0 N–H and O–H groups in total. The SMILES string of the molecule is Cc1cc(CN2CCOC(C(=O)N3CCSCC3)C2)no1. The lowest BCUT2D eigenvalue weighted by Gasteiger charge is -2.35. The maximum atomic E-state index is 12.5. The molecule has 2 aliphatic heterocycles. The number of hydrogen-bond donors (Lipinski definition) is 0. The van der Waals surface area contributed by atoms with Crippen molar-refractivity contribution in [1.82, 2.24) is 15.0 Å². The lowest BCUT2D eigenvalue weighted by Crippen LogP contribution is -2.52. The number of carbonyl (C=O) groups excluding carboxylic acids is 1. The average molecular weight is 311 g/mol. The van der Waals surface area contributed by atoms with Crippen LogP contribution in [0.25, 0.3) is 0 Å². The second kappa shape index (κ2) is 6.81. The summed E-state index contributed by atoms with van der Waals surface area (Å²) >= 11 is 1.90. The van der Waals surface area contributed by atoms with Gasteiger partial charge >= 0.3 is 0 Å². The molecule has 21 heavy (non-hydrogen) atoms. The fourth-order valence-corrected chi connectivity index (χ4v) is 3.61. The molecule has 1 atom stereocenters. The van der Waals surface area contributed by atoms with Gasteiger partial charge < -0.3 is 14.2 Å². The first-order valence-corrected chi connectivity index (χ1v) is 8.50. The van der Waals surface area contributed by atoms with E-state index in [1.165, 1.54) is 0 Å². The van der Waals surface area contributed by atoms with E-state index < -0.39 is 0 Å². The fraction of sp³-hybridized carbons (Fsp3) is 0.714. The van der Waals surface area contributed by atoms with Crippen molar-refractivity contribution >= 4 is 17.7 Å². The molecule has 2 saturated heterocycles. The van der Waals surface area contributed by atoms with Crippen LogP contribution in [0.1, 0.15) is 11.5 Å². The van der Waals surface area contributed by atoms with Gasteiger partial charge in [-0.2, -0.15) is 11.8 Å². The molecule has 0 aromatic carbocycles. The molecule has 6 nitrogen and oxygen atoms in total. The molecule has 3 rings (SSSR count). The van der Waals surface area contributed by atoms with Gasteiger partial charge in [0.25, 0.3) is 5.91 Å². The molecule has 0 spiro atoms. The van der Waals surface area contributed by atoms with Gasteiger partial charge in [-0.15, -0.1) is 0 Å². The van der Waals surface area contributed by atoms with Crippen LogP contribution in [0.5, 0.6) is 0 Å². The fourth-order valence-electron chi connectivity index (χ4n) is 2.70. The minimum Gasteiger partial charge on any atom is -0.366 e. The van der Waals surface area contributed by atoms with Crippen LogP contribution < -0.4 is 0 Å². The predicted molar refractivity (Wildman–Crippen MR) is 80.2 cm³/mol. The summed E-state index contributed by atoms with van der Waals surface area (Å²) in [6.45, 7) is 6.32. The Balaban J connectivity index is 1.56. The molecule has 1 aromatic heterocycles. The third kappa shape index (κ3) is 3.78. The lowest BCUT2D eigenvalue weighted by atomic mass is 10.2. The number of morpholine rings is 1. The van der Waals surface area contributed by atoms with Crippen LogP contribution in [0.2, 0.25) is 0 Å². The molecule has 0 aliphatic carbocycles. The maximum absolute atomic E-state index is 12.5. The first-order chi connectivity index (χ1) is 10.2. The normalized spacial score (nSPS) is 24.2. The minimum atomic E-state index is -0.338. The number of carbonyl (C=O) groups is 1. The van der Waals surface area contributed by atoms with Crippen LogP contribution in [-0.4, -0.2) is 71.3 Å². The van der Waals surface area contributed by atoms with E-state index in [0.717, 1.165) is 42.6 Å². The zero-order chi connectivity index (χ0) is 14.7. The van der Waals surface area contributed by atoms with Gasteiger partial charge in [-0.05, 0) is 6.92 Å². The quantitative estimate of drug-likeness (QED) is 0.821. The number of ether oxygens (including phenoxy) is 1. The number of aromatic nitrogens is 1. The Hall–Kier alpha value is -1.05. The van der Waals surface area contributed by atoms with Crippen molar-refractivity contribution < 1.29 is 14.1 Å². The molecular weight excluding hydrogens is 290 g/mol. The van der Waals surface area contributed by atoms with Crippen molar-refractivity contribution in [2.75, 3.05) is 44.3 Å². The molecule has 0 bridgehead atoms. The highest BCUT2D eigenvalue weighted by Gasteiger charge is 2.31. The van der Waals surface area contributed by atoms with E-state index in [1.807, 2.05) is 29.7 Å². The van der Waals surface area contributed by atoms with E-state index in [0.29, 0.717) is 19.7 Å². The van der Waals surface area contributed by atoms with Gasteiger partial charge in [-0.3, -0.25) is 9.69 Å². The molecule has 0 saturated carbocycles. The van der Waals surface area contributed by atoms with Gasteiger partial charge in [0.2, 0.25) is 0 Å². The molecule has 7 heteroatoms. The summed E-state index contributed by atoms with van der Waals surface area (Å²) in [4.78, 5) is 16.6. The number of nitrogens with zero attached hydrogens (tertiary/aromatic N) is 3. The van der Waals surface area contributed by atoms with Crippen LogP contribution in [0.15, 0.2) is 10.6 Å². The first-order valence-electron chi connectivity index (χ1n) is 7.35. The Morgan fingerprint density at radius 2 is 2.24 bits per heavy atom. The van der Waals surface area contributed by atoms with Gasteiger partial charge in [0, 0.05) is 50.3 Å². The zero-order valence-corrected chi connectivity index (χ0v) is 13.1. The third-order valence-electron chi connectivity index (χ3n) is 3.81. The van der Waals surface area contributed by atoms with E-state index in [9.17, 15) is 4.79 Å². The van der Waals surface area contributed by atoms with Crippen LogP contribution in [-0.2, 0) is 16.1 Å². The largest absolute Gasteiger partial charge is 0.366 e. The topological polar surface area (TPSA) is 58.8 Å². The standard InChI is InChI=1S/C14H21N3O3S/c1-11-8-12(15-20-11)9-16-2-5-19-13(10-16)14(18)17-3-6-21-7-4-17/h8,13H,2-7,9-10H2,1H3. The summed E-state index contributed by atoms with van der Waals surface area (Å²) in [7, 11) is 0. The second-order valence-corrected chi connectivity index (χ2v) is 6.69. The van der Waals surface area contributed by atoms with E-state index in [-0.39, 0.29) is 12.0 Å². The molecule has 0 radical (unpaired) electrons. The molecule has 3 heterocycles. The number of thioether (sulfide) groups is 1. The van der Waals surface area contributed by atoms with E-state index in [1.54, 1.807) is 0 Å². The summed E-state index contributed by atoms with van der Waals surface area (Å²) in [5, 5.41) is 4.01. The minimum absolute atomic E-state index is 0.135. The van der Waals surface area contributed by atoms with Gasteiger partial charge in [0.05, 0.1) is 12.3 Å². The summed E-state index contributed by atoms with van der Waals surface area (Å²) < 4.78 is 10.8. The number of rotatable bonds is 3. The summed E-state index contributed by atoms with van der Waals surface area (Å²) in [5.74, 6) is 3.01. The van der Waals surface area contributed by atoms with Crippen LogP contribution >= 0.6 is 11.8 Å². The van der Waals surface area contributed by atoms with Crippen molar-refractivity contribution in [3.05, 3.63) is 17.5 Å². The number of aryl methyl sites for hydroxylation is 1. The first kappa shape index (κ1) is 14.9. The van der Waals surface area contributed by atoms with Crippen molar-refractivity contribution in [2.24, 2.45) is 0 Å². The highest BCUT2D eigenvalue weighted by molar-refractivity contribution is 7.99. The Morgan fingerprint density at radius 1 is 1.43 bits per heavy atom. The molecule has 2 aliphatic rings. The Kier molecular flexibility index (Phi) is 4.82. The molecule has 1 amide bonds. The monoisotopic (exact) mass is 311 g/mol. The van der Waals surface area contributed by atoms with Crippen molar-refractivity contribution in [3.63, 3.8) is 0 Å². The van der Waals surface area contributed by atoms with Gasteiger partial charge in [-0.25, -0.2) is 0 Å². The van der Waals surface area contributed by atoms with Gasteiger partial charge in [-0.1, -0.05) is 5.16 Å². The smallest absolute Gasteiger partial charge is 0.253 e. The molecule has 1 aromatic rings.